The molecule has 0 fully saturated rings. The molecule has 3 aromatic heterocycles. The van der Waals surface area contributed by atoms with E-state index in [1.54, 1.807) is 37.4 Å². The third-order valence-corrected chi connectivity index (χ3v) is 2.83. The predicted octanol–water partition coefficient (Wildman–Crippen LogP) is 1.38. The van der Waals surface area contributed by atoms with E-state index in [-0.39, 0.29) is 12.2 Å². The summed E-state index contributed by atoms with van der Waals surface area (Å²) in [6, 6.07) is 6.97. The van der Waals surface area contributed by atoms with Gasteiger partial charge in [0, 0.05) is 12.3 Å². The third kappa shape index (κ3) is 2.50. The van der Waals surface area contributed by atoms with Gasteiger partial charge in [0.05, 0.1) is 11.4 Å². The molecule has 0 aromatic carbocycles. The minimum absolute atomic E-state index is 0.148. The second-order valence-electron chi connectivity index (χ2n) is 4.40. The van der Waals surface area contributed by atoms with E-state index in [1.807, 2.05) is 0 Å². The van der Waals surface area contributed by atoms with Crippen molar-refractivity contribution >= 4 is 5.97 Å². The first-order chi connectivity index (χ1) is 10.1. The van der Waals surface area contributed by atoms with Gasteiger partial charge in [-0.15, -0.1) is 5.10 Å². The lowest BCUT2D eigenvalue weighted by Gasteiger charge is -2.04. The van der Waals surface area contributed by atoms with Crippen molar-refractivity contribution in [2.75, 3.05) is 0 Å². The average Bonchev–Trinajstić information content (AvgIpc) is 3.07. The topological polar surface area (TPSA) is 107 Å². The van der Waals surface area contributed by atoms with Gasteiger partial charge in [-0.1, -0.05) is 16.4 Å². The van der Waals surface area contributed by atoms with Crippen LogP contribution in [0.4, 0.5) is 0 Å². The predicted molar refractivity (Wildman–Crippen MR) is 70.6 cm³/mol. The maximum absolute atomic E-state index is 11.3. The van der Waals surface area contributed by atoms with E-state index in [0.29, 0.717) is 17.1 Å². The third-order valence-electron chi connectivity index (χ3n) is 2.83. The number of aryl methyl sites for hydroxylation is 1. The van der Waals surface area contributed by atoms with Gasteiger partial charge in [0.1, 0.15) is 12.2 Å². The summed E-state index contributed by atoms with van der Waals surface area (Å²) >= 11 is 0. The van der Waals surface area contributed by atoms with Crippen molar-refractivity contribution in [1.82, 2.24) is 25.1 Å². The van der Waals surface area contributed by atoms with Crippen molar-refractivity contribution in [2.24, 2.45) is 0 Å². The first-order valence-electron chi connectivity index (χ1n) is 6.15. The SMILES string of the molecule is Cc1cc(Cn2nnc(C(=O)O)c2-c2ccccn2)on1. The average molecular weight is 285 g/mol. The zero-order chi connectivity index (χ0) is 14.8. The summed E-state index contributed by atoms with van der Waals surface area (Å²) in [5.41, 5.74) is 1.40. The van der Waals surface area contributed by atoms with Gasteiger partial charge in [-0.25, -0.2) is 9.48 Å². The first-order valence-corrected chi connectivity index (χ1v) is 6.15. The second-order valence-corrected chi connectivity index (χ2v) is 4.40. The maximum atomic E-state index is 11.3. The molecule has 8 heteroatoms. The first kappa shape index (κ1) is 13.0. The molecule has 106 valence electrons. The number of carbonyl (C=O) groups is 1. The van der Waals surface area contributed by atoms with E-state index in [4.69, 9.17) is 4.52 Å². The number of carboxylic acid groups (broad SMARTS) is 1. The number of aromatic nitrogens is 5. The Morgan fingerprint density at radius 1 is 1.43 bits per heavy atom. The zero-order valence-electron chi connectivity index (χ0n) is 11.1. The van der Waals surface area contributed by atoms with Crippen LogP contribution in [-0.4, -0.2) is 36.2 Å². The van der Waals surface area contributed by atoms with Gasteiger partial charge in [0.15, 0.2) is 11.5 Å². The molecule has 0 aliphatic rings. The lowest BCUT2D eigenvalue weighted by atomic mass is 10.2. The number of nitrogens with zero attached hydrogens (tertiary/aromatic N) is 5. The Morgan fingerprint density at radius 3 is 2.90 bits per heavy atom. The van der Waals surface area contributed by atoms with Crippen molar-refractivity contribution in [2.45, 2.75) is 13.5 Å². The van der Waals surface area contributed by atoms with Crippen LogP contribution >= 0.6 is 0 Å². The standard InChI is InChI=1S/C13H11N5O3/c1-8-6-9(21-16-8)7-18-12(10-4-2-3-5-14-10)11(13(19)20)15-17-18/h2-6H,7H2,1H3,(H,19,20). The molecule has 0 saturated heterocycles. The minimum Gasteiger partial charge on any atom is -0.476 e. The van der Waals surface area contributed by atoms with Gasteiger partial charge in [0.25, 0.3) is 0 Å². The summed E-state index contributed by atoms with van der Waals surface area (Å²) < 4.78 is 6.56. The van der Waals surface area contributed by atoms with Crippen LogP contribution in [0.15, 0.2) is 35.0 Å². The van der Waals surface area contributed by atoms with Crippen LogP contribution in [-0.2, 0) is 6.54 Å². The number of hydrogen-bond acceptors (Lipinski definition) is 6. The largest absolute Gasteiger partial charge is 0.476 e. The van der Waals surface area contributed by atoms with Crippen LogP contribution in [0.5, 0.6) is 0 Å². The normalized spacial score (nSPS) is 10.7. The smallest absolute Gasteiger partial charge is 0.358 e. The molecule has 0 aliphatic heterocycles. The molecule has 3 heterocycles. The van der Waals surface area contributed by atoms with Crippen LogP contribution in [0.3, 0.4) is 0 Å². The highest BCUT2D eigenvalue weighted by molar-refractivity contribution is 5.92. The fraction of sp³-hybridized carbons (Fsp3) is 0.154. The lowest BCUT2D eigenvalue weighted by molar-refractivity contribution is 0.0691. The molecule has 0 saturated carbocycles. The number of aromatic carboxylic acids is 1. The Morgan fingerprint density at radius 2 is 2.29 bits per heavy atom. The molecule has 0 spiro atoms. The molecule has 1 N–H and O–H groups in total. The summed E-state index contributed by atoms with van der Waals surface area (Å²) in [6.45, 7) is 2.03. The summed E-state index contributed by atoms with van der Waals surface area (Å²) in [7, 11) is 0. The van der Waals surface area contributed by atoms with E-state index in [1.165, 1.54) is 4.68 Å². The van der Waals surface area contributed by atoms with Gasteiger partial charge < -0.3 is 9.63 Å². The van der Waals surface area contributed by atoms with Crippen LogP contribution in [0.2, 0.25) is 0 Å². The molecule has 8 nitrogen and oxygen atoms in total. The fourth-order valence-electron chi connectivity index (χ4n) is 1.96. The van der Waals surface area contributed by atoms with Crippen molar-refractivity contribution in [3.8, 4) is 11.4 Å². The molecule has 3 aromatic rings. The van der Waals surface area contributed by atoms with Gasteiger partial charge in [-0.3, -0.25) is 4.98 Å². The van der Waals surface area contributed by atoms with Gasteiger partial charge >= 0.3 is 5.97 Å². The van der Waals surface area contributed by atoms with E-state index in [9.17, 15) is 9.90 Å². The van der Waals surface area contributed by atoms with Crippen molar-refractivity contribution in [3.63, 3.8) is 0 Å². The summed E-state index contributed by atoms with van der Waals surface area (Å²) in [5.74, 6) is -0.595. The van der Waals surface area contributed by atoms with E-state index in [2.05, 4.69) is 20.5 Å². The molecule has 0 aliphatic carbocycles. The zero-order valence-corrected chi connectivity index (χ0v) is 11.1. The Bertz CT molecular complexity index is 778. The highest BCUT2D eigenvalue weighted by Crippen LogP contribution is 2.21. The summed E-state index contributed by atoms with van der Waals surface area (Å²) in [6.07, 6.45) is 1.58. The second kappa shape index (κ2) is 5.16. The molecular weight excluding hydrogens is 274 g/mol. The molecule has 3 rings (SSSR count). The monoisotopic (exact) mass is 285 g/mol. The summed E-state index contributed by atoms with van der Waals surface area (Å²) in [4.78, 5) is 15.4. The van der Waals surface area contributed by atoms with Crippen LogP contribution in [0.1, 0.15) is 21.9 Å². The van der Waals surface area contributed by atoms with Gasteiger partial charge in [-0.05, 0) is 19.1 Å². The lowest BCUT2D eigenvalue weighted by Crippen LogP contribution is -2.06. The molecule has 0 bridgehead atoms. The van der Waals surface area contributed by atoms with Crippen LogP contribution < -0.4 is 0 Å². The van der Waals surface area contributed by atoms with Crippen molar-refractivity contribution in [3.05, 3.63) is 47.6 Å². The molecule has 21 heavy (non-hydrogen) atoms. The van der Waals surface area contributed by atoms with Gasteiger partial charge in [0.2, 0.25) is 0 Å². The highest BCUT2D eigenvalue weighted by atomic mass is 16.5. The fourth-order valence-corrected chi connectivity index (χ4v) is 1.96. The Labute approximate surface area is 119 Å². The quantitative estimate of drug-likeness (QED) is 0.771. The summed E-state index contributed by atoms with van der Waals surface area (Å²) in [5, 5.41) is 20.6. The maximum Gasteiger partial charge on any atom is 0.358 e. The number of carboxylic acids is 1. The Hall–Kier alpha value is -3.03. The van der Waals surface area contributed by atoms with Crippen LogP contribution in [0, 0.1) is 6.92 Å². The van der Waals surface area contributed by atoms with Gasteiger partial charge in [-0.2, -0.15) is 0 Å². The van der Waals surface area contributed by atoms with Crippen LogP contribution in [0.25, 0.3) is 11.4 Å². The molecule has 0 unspecified atom stereocenters. The highest BCUT2D eigenvalue weighted by Gasteiger charge is 2.22. The minimum atomic E-state index is -1.16. The number of hydrogen-bond donors (Lipinski definition) is 1. The number of rotatable bonds is 4. The Balaban J connectivity index is 2.07. The number of pyridine rings is 1. The molecular formula is C13H11N5O3. The van der Waals surface area contributed by atoms with E-state index in [0.717, 1.165) is 5.69 Å². The molecule has 0 atom stereocenters. The molecule has 0 radical (unpaired) electrons. The molecule has 0 amide bonds. The van der Waals surface area contributed by atoms with Crippen molar-refractivity contribution in [1.29, 1.82) is 0 Å². The Kier molecular flexibility index (Phi) is 3.19. The van der Waals surface area contributed by atoms with Crippen molar-refractivity contribution < 1.29 is 14.4 Å². The van der Waals surface area contributed by atoms with E-state index >= 15 is 0 Å². The van der Waals surface area contributed by atoms with E-state index < -0.39 is 5.97 Å².